The van der Waals surface area contributed by atoms with Gasteiger partial charge in [-0.1, -0.05) is 26.8 Å². The van der Waals surface area contributed by atoms with Crippen LogP contribution >= 0.6 is 24.0 Å². The lowest BCUT2D eigenvalue weighted by atomic mass is 9.94. The summed E-state index contributed by atoms with van der Waals surface area (Å²) >= 11 is 0. The lowest BCUT2D eigenvalue weighted by Gasteiger charge is -2.39. The zero-order valence-corrected chi connectivity index (χ0v) is 18.4. The molecule has 1 fully saturated rings. The minimum absolute atomic E-state index is 0. The summed E-state index contributed by atoms with van der Waals surface area (Å²) in [5.74, 6) is 2.34. The largest absolute Gasteiger partial charge is 0.355 e. The van der Waals surface area contributed by atoms with E-state index < -0.39 is 0 Å². The SMILES string of the molecule is CN=C(NCc1ccccn1)NCC(C(C)C)N1CCC(C)CC1.I. The predicted octanol–water partition coefficient (Wildman–Crippen LogP) is 3.12. The Hall–Kier alpha value is -0.890. The average Bonchev–Trinajstić information content (AvgIpc) is 2.60. The van der Waals surface area contributed by atoms with Gasteiger partial charge in [0, 0.05) is 25.8 Å². The molecule has 1 aromatic heterocycles. The molecule has 0 aliphatic carbocycles. The lowest BCUT2D eigenvalue weighted by molar-refractivity contribution is 0.110. The zero-order valence-electron chi connectivity index (χ0n) is 16.0. The molecule has 6 heteroatoms. The third-order valence-corrected chi connectivity index (χ3v) is 4.92. The van der Waals surface area contributed by atoms with Crippen molar-refractivity contribution in [2.24, 2.45) is 16.8 Å². The summed E-state index contributed by atoms with van der Waals surface area (Å²) < 4.78 is 0. The molecule has 0 saturated carbocycles. The second-order valence-corrected chi connectivity index (χ2v) is 7.16. The summed E-state index contributed by atoms with van der Waals surface area (Å²) in [6.07, 6.45) is 4.45. The monoisotopic (exact) mass is 459 g/mol. The summed E-state index contributed by atoms with van der Waals surface area (Å²) in [5, 5.41) is 6.85. The topological polar surface area (TPSA) is 52.6 Å². The van der Waals surface area contributed by atoms with Crippen LogP contribution in [-0.4, -0.2) is 48.6 Å². The maximum atomic E-state index is 4.34. The van der Waals surface area contributed by atoms with Crippen LogP contribution in [0.3, 0.4) is 0 Å². The van der Waals surface area contributed by atoms with Gasteiger partial charge in [0.25, 0.3) is 0 Å². The van der Waals surface area contributed by atoms with Crippen molar-refractivity contribution in [2.75, 3.05) is 26.7 Å². The Bertz CT molecular complexity index is 498. The predicted molar refractivity (Wildman–Crippen MR) is 116 cm³/mol. The number of pyridine rings is 1. The molecule has 2 N–H and O–H groups in total. The highest BCUT2D eigenvalue weighted by Gasteiger charge is 2.25. The normalized spacial score (nSPS) is 17.9. The van der Waals surface area contributed by atoms with E-state index in [1.807, 2.05) is 31.4 Å². The van der Waals surface area contributed by atoms with Gasteiger partial charge in [-0.3, -0.25) is 14.9 Å². The molecule has 0 aromatic carbocycles. The molecular formula is C19H34IN5. The minimum Gasteiger partial charge on any atom is -0.355 e. The molecule has 1 aliphatic rings. The molecule has 1 saturated heterocycles. The van der Waals surface area contributed by atoms with E-state index >= 15 is 0 Å². The highest BCUT2D eigenvalue weighted by Crippen LogP contribution is 2.20. The molecule has 0 amide bonds. The maximum Gasteiger partial charge on any atom is 0.191 e. The van der Waals surface area contributed by atoms with Gasteiger partial charge in [0.05, 0.1) is 12.2 Å². The molecule has 2 heterocycles. The number of guanidine groups is 1. The van der Waals surface area contributed by atoms with Crippen LogP contribution in [0.2, 0.25) is 0 Å². The van der Waals surface area contributed by atoms with E-state index in [9.17, 15) is 0 Å². The van der Waals surface area contributed by atoms with Crippen LogP contribution in [0.25, 0.3) is 0 Å². The van der Waals surface area contributed by atoms with Crippen molar-refractivity contribution in [1.29, 1.82) is 0 Å². The van der Waals surface area contributed by atoms with Crippen LogP contribution in [-0.2, 0) is 6.54 Å². The number of rotatable bonds is 6. The Morgan fingerprint density at radius 1 is 1.28 bits per heavy atom. The van der Waals surface area contributed by atoms with Crippen LogP contribution in [0.5, 0.6) is 0 Å². The molecular weight excluding hydrogens is 425 g/mol. The molecule has 0 spiro atoms. The number of aromatic nitrogens is 1. The van der Waals surface area contributed by atoms with Crippen molar-refractivity contribution in [2.45, 2.75) is 46.2 Å². The van der Waals surface area contributed by atoms with Crippen LogP contribution in [0.4, 0.5) is 0 Å². The standard InChI is InChI=1S/C19H33N5.HI/c1-15(2)18(24-11-8-16(3)9-12-24)14-23-19(20-4)22-13-17-7-5-6-10-21-17;/h5-7,10,15-16,18H,8-9,11-14H2,1-4H3,(H2,20,22,23);1H. The highest BCUT2D eigenvalue weighted by atomic mass is 127. The number of piperidine rings is 1. The fourth-order valence-corrected chi connectivity index (χ4v) is 3.25. The molecule has 1 unspecified atom stereocenters. The van der Waals surface area contributed by atoms with E-state index in [1.54, 1.807) is 0 Å². The van der Waals surface area contributed by atoms with Gasteiger partial charge >= 0.3 is 0 Å². The Morgan fingerprint density at radius 2 is 2.00 bits per heavy atom. The first-order valence-electron chi connectivity index (χ1n) is 9.18. The smallest absolute Gasteiger partial charge is 0.191 e. The van der Waals surface area contributed by atoms with Crippen molar-refractivity contribution < 1.29 is 0 Å². The van der Waals surface area contributed by atoms with Gasteiger partial charge in [0.15, 0.2) is 5.96 Å². The molecule has 2 rings (SSSR count). The second-order valence-electron chi connectivity index (χ2n) is 7.16. The van der Waals surface area contributed by atoms with E-state index in [1.165, 1.54) is 25.9 Å². The third kappa shape index (κ3) is 7.48. The fourth-order valence-electron chi connectivity index (χ4n) is 3.25. The Balaban J connectivity index is 0.00000312. The van der Waals surface area contributed by atoms with Crippen molar-refractivity contribution >= 4 is 29.9 Å². The fraction of sp³-hybridized carbons (Fsp3) is 0.684. The van der Waals surface area contributed by atoms with Crippen molar-refractivity contribution in [3.8, 4) is 0 Å². The van der Waals surface area contributed by atoms with Crippen molar-refractivity contribution in [3.05, 3.63) is 30.1 Å². The number of nitrogens with one attached hydrogen (secondary N) is 2. The number of likely N-dealkylation sites (tertiary alicyclic amines) is 1. The maximum absolute atomic E-state index is 4.34. The first-order valence-corrected chi connectivity index (χ1v) is 9.18. The molecule has 142 valence electrons. The van der Waals surface area contributed by atoms with E-state index in [-0.39, 0.29) is 24.0 Å². The molecule has 0 radical (unpaired) electrons. The summed E-state index contributed by atoms with van der Waals surface area (Å²) in [6.45, 7) is 11.0. The van der Waals surface area contributed by atoms with Gasteiger partial charge in [-0.25, -0.2) is 0 Å². The minimum atomic E-state index is 0. The van der Waals surface area contributed by atoms with Gasteiger partial charge < -0.3 is 10.6 Å². The summed E-state index contributed by atoms with van der Waals surface area (Å²) in [4.78, 5) is 11.3. The van der Waals surface area contributed by atoms with Crippen LogP contribution in [0.1, 0.15) is 39.3 Å². The molecule has 25 heavy (non-hydrogen) atoms. The summed E-state index contributed by atoms with van der Waals surface area (Å²) in [6, 6.07) is 6.51. The van der Waals surface area contributed by atoms with E-state index in [2.05, 4.69) is 46.3 Å². The van der Waals surface area contributed by atoms with Crippen LogP contribution in [0, 0.1) is 11.8 Å². The summed E-state index contributed by atoms with van der Waals surface area (Å²) in [5.41, 5.74) is 1.02. The highest BCUT2D eigenvalue weighted by molar-refractivity contribution is 14.0. The Labute approximate surface area is 170 Å². The Morgan fingerprint density at radius 3 is 2.56 bits per heavy atom. The molecule has 1 atom stereocenters. The van der Waals surface area contributed by atoms with E-state index in [0.29, 0.717) is 18.5 Å². The molecule has 5 nitrogen and oxygen atoms in total. The van der Waals surface area contributed by atoms with Crippen LogP contribution in [0.15, 0.2) is 29.4 Å². The number of halogens is 1. The number of hydrogen-bond acceptors (Lipinski definition) is 3. The van der Waals surface area contributed by atoms with Gasteiger partial charge in [-0.05, 0) is 49.9 Å². The average molecular weight is 459 g/mol. The third-order valence-electron chi connectivity index (χ3n) is 4.92. The van der Waals surface area contributed by atoms with Crippen molar-refractivity contribution in [1.82, 2.24) is 20.5 Å². The molecule has 0 bridgehead atoms. The zero-order chi connectivity index (χ0) is 17.4. The first-order chi connectivity index (χ1) is 11.6. The first kappa shape index (κ1) is 22.2. The van der Waals surface area contributed by atoms with Gasteiger partial charge in [-0.15, -0.1) is 24.0 Å². The van der Waals surface area contributed by atoms with Crippen molar-refractivity contribution in [3.63, 3.8) is 0 Å². The molecule has 1 aromatic rings. The molecule has 1 aliphatic heterocycles. The van der Waals surface area contributed by atoms with Gasteiger partial charge in [0.2, 0.25) is 0 Å². The lowest BCUT2D eigenvalue weighted by Crippen LogP contribution is -2.51. The number of nitrogens with zero attached hydrogens (tertiary/aromatic N) is 3. The number of aliphatic imine (C=N–C) groups is 1. The van der Waals surface area contributed by atoms with E-state index in [0.717, 1.165) is 24.1 Å². The Kier molecular flexibility index (Phi) is 10.3. The van der Waals surface area contributed by atoms with Gasteiger partial charge in [-0.2, -0.15) is 0 Å². The summed E-state index contributed by atoms with van der Waals surface area (Å²) in [7, 11) is 1.82. The van der Waals surface area contributed by atoms with E-state index in [4.69, 9.17) is 0 Å². The second kappa shape index (κ2) is 11.7. The van der Waals surface area contributed by atoms with Crippen LogP contribution < -0.4 is 10.6 Å². The number of hydrogen-bond donors (Lipinski definition) is 2. The van der Waals surface area contributed by atoms with Gasteiger partial charge in [0.1, 0.15) is 0 Å². The quantitative estimate of drug-likeness (QED) is 0.390.